The van der Waals surface area contributed by atoms with E-state index in [2.05, 4.69) is 9.88 Å². The van der Waals surface area contributed by atoms with Crippen LogP contribution >= 0.6 is 0 Å². The molecule has 1 aromatic carbocycles. The smallest absolute Gasteiger partial charge is 0.290 e. The van der Waals surface area contributed by atoms with Crippen molar-refractivity contribution in [1.82, 2.24) is 9.29 Å². The summed E-state index contributed by atoms with van der Waals surface area (Å²) in [7, 11) is -3.27. The molecular weight excluding hydrogens is 394 g/mol. The number of hydrogen-bond acceptors (Lipinski definition) is 6. The summed E-state index contributed by atoms with van der Waals surface area (Å²) < 4.78 is 26.4. The van der Waals surface area contributed by atoms with Crippen molar-refractivity contribution in [2.45, 2.75) is 12.6 Å². The number of carboxylic acid groups (broad SMARTS) is 1. The molecule has 9 heteroatoms. The number of pyridine rings is 1. The lowest BCUT2D eigenvalue weighted by molar-refractivity contribution is -0.122. The zero-order valence-corrected chi connectivity index (χ0v) is 16.9. The minimum Gasteiger partial charge on any atom is -0.483 e. The van der Waals surface area contributed by atoms with E-state index in [1.165, 1.54) is 6.26 Å². The summed E-state index contributed by atoms with van der Waals surface area (Å²) >= 11 is 0. The molecule has 0 aliphatic carbocycles. The van der Waals surface area contributed by atoms with Crippen molar-refractivity contribution in [3.63, 3.8) is 0 Å². The third-order valence-corrected chi connectivity index (χ3v) is 6.73. The van der Waals surface area contributed by atoms with Crippen molar-refractivity contribution in [2.75, 3.05) is 30.8 Å². The first-order chi connectivity index (χ1) is 13.9. The maximum atomic E-state index is 12.4. The number of aliphatic hydroxyl groups is 1. The molecule has 8 nitrogen and oxygen atoms in total. The lowest BCUT2D eigenvalue weighted by atomic mass is 9.90. The maximum Gasteiger partial charge on any atom is 0.290 e. The Morgan fingerprint density at radius 2 is 1.86 bits per heavy atom. The molecular formula is C20H25N3O5S. The van der Waals surface area contributed by atoms with Gasteiger partial charge in [0.1, 0.15) is 5.82 Å². The Balaban J connectivity index is 0.000000755. The Bertz CT molecular complexity index is 938. The third kappa shape index (κ3) is 4.58. The number of anilines is 1. The van der Waals surface area contributed by atoms with Crippen LogP contribution in [0.25, 0.3) is 0 Å². The van der Waals surface area contributed by atoms with Crippen LogP contribution < -0.4 is 4.90 Å². The van der Waals surface area contributed by atoms with Gasteiger partial charge in [-0.25, -0.2) is 13.4 Å². The third-order valence-electron chi connectivity index (χ3n) is 5.51. The van der Waals surface area contributed by atoms with Crippen LogP contribution in [0.2, 0.25) is 0 Å². The van der Waals surface area contributed by atoms with E-state index in [1.54, 1.807) is 16.6 Å². The van der Waals surface area contributed by atoms with E-state index in [0.29, 0.717) is 6.54 Å². The van der Waals surface area contributed by atoms with Gasteiger partial charge in [0.2, 0.25) is 10.0 Å². The van der Waals surface area contributed by atoms with Crippen LogP contribution in [0, 0.1) is 11.8 Å². The van der Waals surface area contributed by atoms with E-state index in [0.717, 1.165) is 30.0 Å². The molecule has 3 atom stereocenters. The van der Waals surface area contributed by atoms with Crippen molar-refractivity contribution in [3.05, 3.63) is 59.8 Å². The molecule has 0 radical (unpaired) electrons. The van der Waals surface area contributed by atoms with Crippen LogP contribution in [0.3, 0.4) is 0 Å². The van der Waals surface area contributed by atoms with E-state index >= 15 is 0 Å². The highest BCUT2D eigenvalue weighted by Gasteiger charge is 2.50. The fourth-order valence-electron chi connectivity index (χ4n) is 4.33. The summed E-state index contributed by atoms with van der Waals surface area (Å²) in [6, 6.07) is 13.5. The number of sulfonamides is 1. The topological polar surface area (TPSA) is 111 Å². The quantitative estimate of drug-likeness (QED) is 0.720. The maximum absolute atomic E-state index is 12.4. The second kappa shape index (κ2) is 8.89. The van der Waals surface area contributed by atoms with Crippen LogP contribution in [-0.2, 0) is 21.4 Å². The van der Waals surface area contributed by atoms with Gasteiger partial charge < -0.3 is 15.1 Å². The average molecular weight is 420 g/mol. The zero-order chi connectivity index (χ0) is 21.0. The molecule has 1 aromatic heterocycles. The number of fused-ring (bicyclic) bond motifs is 1. The molecule has 2 fully saturated rings. The van der Waals surface area contributed by atoms with Gasteiger partial charge in [-0.15, -0.1) is 0 Å². The first-order valence-electron chi connectivity index (χ1n) is 9.29. The van der Waals surface area contributed by atoms with Gasteiger partial charge in [0, 0.05) is 31.7 Å². The summed E-state index contributed by atoms with van der Waals surface area (Å²) in [5.74, 6) is 1.35. The van der Waals surface area contributed by atoms with E-state index in [9.17, 15) is 13.5 Å². The molecule has 2 saturated heterocycles. The van der Waals surface area contributed by atoms with Crippen LogP contribution in [0.4, 0.5) is 5.82 Å². The van der Waals surface area contributed by atoms with Crippen LogP contribution in [0.5, 0.6) is 0 Å². The molecule has 2 aromatic rings. The second-order valence-electron chi connectivity index (χ2n) is 7.30. The van der Waals surface area contributed by atoms with Crippen LogP contribution in [0.15, 0.2) is 48.7 Å². The molecule has 0 bridgehead atoms. The van der Waals surface area contributed by atoms with E-state index in [-0.39, 0.29) is 31.0 Å². The fourth-order valence-corrected chi connectivity index (χ4v) is 5.48. The van der Waals surface area contributed by atoms with Gasteiger partial charge in [-0.3, -0.25) is 4.79 Å². The molecule has 2 aliphatic heterocycles. The molecule has 4 rings (SSSR count). The Kier molecular flexibility index (Phi) is 6.51. The molecule has 2 N–H and O–H groups in total. The van der Waals surface area contributed by atoms with Gasteiger partial charge in [0.25, 0.3) is 6.47 Å². The Labute approximate surface area is 170 Å². The molecule has 2 aliphatic rings. The van der Waals surface area contributed by atoms with Crippen molar-refractivity contribution < 1.29 is 23.4 Å². The van der Waals surface area contributed by atoms with Gasteiger partial charge in [0.05, 0.1) is 18.9 Å². The molecule has 0 unspecified atom stereocenters. The van der Waals surface area contributed by atoms with Gasteiger partial charge in [-0.1, -0.05) is 30.3 Å². The lowest BCUT2D eigenvalue weighted by Crippen LogP contribution is -2.35. The van der Waals surface area contributed by atoms with Gasteiger partial charge in [-0.05, 0) is 29.2 Å². The molecule has 0 spiro atoms. The first kappa shape index (κ1) is 21.2. The monoisotopic (exact) mass is 419 g/mol. The number of rotatable bonds is 4. The van der Waals surface area contributed by atoms with E-state index < -0.39 is 10.0 Å². The number of aromatic nitrogens is 1. The fraction of sp³-hybridized carbons (Fsp3) is 0.400. The number of nitrogens with zero attached hydrogens (tertiary/aromatic N) is 3. The molecule has 0 saturated carbocycles. The molecule has 3 heterocycles. The summed E-state index contributed by atoms with van der Waals surface area (Å²) in [5.41, 5.74) is 1.88. The summed E-state index contributed by atoms with van der Waals surface area (Å²) in [4.78, 5) is 15.0. The predicted molar refractivity (Wildman–Crippen MR) is 109 cm³/mol. The van der Waals surface area contributed by atoms with Crippen LogP contribution in [0.1, 0.15) is 17.2 Å². The van der Waals surface area contributed by atoms with Crippen molar-refractivity contribution in [3.8, 4) is 0 Å². The highest BCUT2D eigenvalue weighted by molar-refractivity contribution is 7.88. The predicted octanol–water partition coefficient (Wildman–Crippen LogP) is 1.34. The number of hydrogen-bond donors (Lipinski definition) is 2. The van der Waals surface area contributed by atoms with Crippen molar-refractivity contribution in [1.29, 1.82) is 0 Å². The van der Waals surface area contributed by atoms with E-state index in [4.69, 9.17) is 9.90 Å². The minimum atomic E-state index is -3.27. The summed E-state index contributed by atoms with van der Waals surface area (Å²) in [6.45, 7) is 1.82. The Hall–Kier alpha value is -2.49. The minimum absolute atomic E-state index is 0.00921. The zero-order valence-electron chi connectivity index (χ0n) is 16.1. The molecule has 0 amide bonds. The highest BCUT2D eigenvalue weighted by atomic mass is 32.2. The second-order valence-corrected chi connectivity index (χ2v) is 9.24. The Morgan fingerprint density at radius 1 is 1.17 bits per heavy atom. The lowest BCUT2D eigenvalue weighted by Gasteiger charge is -2.28. The highest BCUT2D eigenvalue weighted by Crippen LogP contribution is 2.46. The normalized spacial score (nSPS) is 23.9. The van der Waals surface area contributed by atoms with Crippen molar-refractivity contribution >= 4 is 22.3 Å². The van der Waals surface area contributed by atoms with Gasteiger partial charge >= 0.3 is 0 Å². The summed E-state index contributed by atoms with van der Waals surface area (Å²) in [5, 5.41) is 16.3. The molecule has 156 valence electrons. The SMILES string of the molecule is CS(=O)(=O)N1C[C@H]2CN(c3cc(CO)ccn3)C[C@H]2[C@@H]1c1ccccc1.O=CO. The van der Waals surface area contributed by atoms with E-state index in [1.807, 2.05) is 36.4 Å². The number of carbonyl (C=O) groups is 1. The average Bonchev–Trinajstić information content (AvgIpc) is 3.27. The first-order valence-corrected chi connectivity index (χ1v) is 11.1. The van der Waals surface area contributed by atoms with Gasteiger partial charge in [-0.2, -0.15) is 4.31 Å². The summed E-state index contributed by atoms with van der Waals surface area (Å²) in [6.07, 6.45) is 3.01. The number of aliphatic hydroxyl groups excluding tert-OH is 1. The Morgan fingerprint density at radius 3 is 2.48 bits per heavy atom. The largest absolute Gasteiger partial charge is 0.483 e. The van der Waals surface area contributed by atoms with Crippen LogP contribution in [-0.4, -0.2) is 60.3 Å². The van der Waals surface area contributed by atoms with Crippen molar-refractivity contribution in [2.24, 2.45) is 11.8 Å². The molecule has 29 heavy (non-hydrogen) atoms. The number of benzene rings is 1. The standard InChI is InChI=1S/C19H23N3O3S.CH2O2/c1-26(24,25)22-11-16-10-21(18-9-14(13-23)7-8-20-18)12-17(16)19(22)15-5-3-2-4-6-15;2-1-3/h2-9,16-17,19,23H,10-13H2,1H3;1H,(H,2,3)/t16-,17-,19+;/m1./s1. The van der Waals surface area contributed by atoms with Gasteiger partial charge in [0.15, 0.2) is 0 Å².